The summed E-state index contributed by atoms with van der Waals surface area (Å²) >= 11 is 0. The van der Waals surface area contributed by atoms with E-state index in [1.54, 1.807) is 4.68 Å². The third kappa shape index (κ3) is 3.30. The van der Waals surface area contributed by atoms with E-state index >= 15 is 0 Å². The van der Waals surface area contributed by atoms with E-state index in [1.807, 2.05) is 45.0 Å². The van der Waals surface area contributed by atoms with Crippen molar-refractivity contribution in [2.75, 3.05) is 0 Å². The van der Waals surface area contributed by atoms with Gasteiger partial charge in [-0.2, -0.15) is 5.10 Å². The van der Waals surface area contributed by atoms with E-state index in [9.17, 15) is 8.42 Å². The highest BCUT2D eigenvalue weighted by molar-refractivity contribution is 8.13. The number of benzene rings is 1. The van der Waals surface area contributed by atoms with Crippen LogP contribution in [0.4, 0.5) is 0 Å². The summed E-state index contributed by atoms with van der Waals surface area (Å²) in [4.78, 5) is 0.183. The molecule has 0 radical (unpaired) electrons. The number of hydrogen-bond donors (Lipinski definition) is 0. The van der Waals surface area contributed by atoms with Gasteiger partial charge in [-0.15, -0.1) is 0 Å². The van der Waals surface area contributed by atoms with Gasteiger partial charge in [-0.1, -0.05) is 38.1 Å². The van der Waals surface area contributed by atoms with Gasteiger partial charge >= 0.3 is 0 Å². The fourth-order valence-corrected chi connectivity index (χ4v) is 4.00. The van der Waals surface area contributed by atoms with Gasteiger partial charge in [-0.25, -0.2) is 8.42 Å². The maximum Gasteiger partial charge on any atom is 0.264 e. The minimum Gasteiger partial charge on any atom is -0.263 e. The molecule has 4 nitrogen and oxygen atoms in total. The Bertz CT molecular complexity index is 751. The molecule has 1 heterocycles. The predicted molar refractivity (Wildman–Crippen MR) is 84.3 cm³/mol. The van der Waals surface area contributed by atoms with Crippen molar-refractivity contribution in [1.29, 1.82) is 0 Å². The molecular formula is C15H19ClN2O2S. The Hall–Kier alpha value is -1.33. The number of hydrogen-bond acceptors (Lipinski definition) is 3. The quantitative estimate of drug-likeness (QED) is 0.792. The van der Waals surface area contributed by atoms with Crippen molar-refractivity contribution < 1.29 is 8.42 Å². The second kappa shape index (κ2) is 6.20. The van der Waals surface area contributed by atoms with Gasteiger partial charge in [0.1, 0.15) is 4.90 Å². The van der Waals surface area contributed by atoms with E-state index in [0.29, 0.717) is 30.8 Å². The Balaban J connectivity index is 2.55. The number of halogens is 1. The minimum absolute atomic E-state index is 0.183. The highest BCUT2D eigenvalue weighted by atomic mass is 35.7. The number of aromatic nitrogens is 2. The molecule has 0 N–H and O–H groups in total. The van der Waals surface area contributed by atoms with Gasteiger partial charge in [-0.05, 0) is 30.9 Å². The number of aryl methyl sites for hydroxylation is 2. The van der Waals surface area contributed by atoms with Gasteiger partial charge in [0.2, 0.25) is 0 Å². The SMILES string of the molecule is CCc1nn(Cc2ccccc2C)c(CC)c1S(=O)(=O)Cl. The van der Waals surface area contributed by atoms with Crippen LogP contribution in [0, 0.1) is 6.92 Å². The zero-order chi connectivity index (χ0) is 15.6. The van der Waals surface area contributed by atoms with Crippen molar-refractivity contribution in [1.82, 2.24) is 9.78 Å². The molecule has 0 spiro atoms. The lowest BCUT2D eigenvalue weighted by atomic mass is 10.1. The molecule has 2 aromatic rings. The van der Waals surface area contributed by atoms with Gasteiger partial charge in [-0.3, -0.25) is 4.68 Å². The van der Waals surface area contributed by atoms with Gasteiger partial charge in [0.05, 0.1) is 17.9 Å². The lowest BCUT2D eigenvalue weighted by Gasteiger charge is -2.09. The van der Waals surface area contributed by atoms with Crippen LogP contribution in [0.25, 0.3) is 0 Å². The molecule has 1 aromatic heterocycles. The summed E-state index contributed by atoms with van der Waals surface area (Å²) in [6.45, 7) is 6.38. The van der Waals surface area contributed by atoms with Crippen molar-refractivity contribution in [2.45, 2.75) is 45.1 Å². The standard InChI is InChI=1S/C15H19ClN2O2S/c1-4-13-15(21(16,19)20)14(5-2)18(17-13)10-12-9-7-6-8-11(12)3/h6-9H,4-5,10H2,1-3H3. The zero-order valence-corrected chi connectivity index (χ0v) is 14.0. The van der Waals surface area contributed by atoms with Gasteiger partial charge in [0.15, 0.2) is 0 Å². The average molecular weight is 327 g/mol. The van der Waals surface area contributed by atoms with E-state index in [1.165, 1.54) is 0 Å². The fraction of sp³-hybridized carbons (Fsp3) is 0.400. The Morgan fingerprint density at radius 3 is 2.38 bits per heavy atom. The van der Waals surface area contributed by atoms with Crippen molar-refractivity contribution in [3.63, 3.8) is 0 Å². The predicted octanol–water partition coefficient (Wildman–Crippen LogP) is 3.29. The third-order valence-electron chi connectivity index (χ3n) is 3.57. The normalized spacial score (nSPS) is 11.8. The third-order valence-corrected chi connectivity index (χ3v) is 4.99. The van der Waals surface area contributed by atoms with E-state index in [-0.39, 0.29) is 4.90 Å². The zero-order valence-electron chi connectivity index (χ0n) is 12.4. The molecule has 0 saturated heterocycles. The first-order chi connectivity index (χ1) is 9.88. The van der Waals surface area contributed by atoms with Crippen LogP contribution < -0.4 is 0 Å². The van der Waals surface area contributed by atoms with Crippen LogP contribution in [0.2, 0.25) is 0 Å². The topological polar surface area (TPSA) is 52.0 Å². The van der Waals surface area contributed by atoms with E-state index < -0.39 is 9.05 Å². The summed E-state index contributed by atoms with van der Waals surface area (Å²) in [5, 5.41) is 4.46. The van der Waals surface area contributed by atoms with Crippen LogP contribution in [0.1, 0.15) is 36.4 Å². The van der Waals surface area contributed by atoms with Crippen LogP contribution in [0.15, 0.2) is 29.2 Å². The van der Waals surface area contributed by atoms with E-state index in [2.05, 4.69) is 5.10 Å². The van der Waals surface area contributed by atoms with Crippen LogP contribution in [-0.4, -0.2) is 18.2 Å². The molecule has 0 unspecified atom stereocenters. The summed E-state index contributed by atoms with van der Waals surface area (Å²) in [5.74, 6) is 0. The summed E-state index contributed by atoms with van der Waals surface area (Å²) < 4.78 is 25.4. The van der Waals surface area contributed by atoms with Crippen LogP contribution >= 0.6 is 10.7 Å². The maximum absolute atomic E-state index is 11.8. The molecule has 0 fully saturated rings. The second-order valence-electron chi connectivity index (χ2n) is 4.95. The molecule has 0 aliphatic rings. The lowest BCUT2D eigenvalue weighted by molar-refractivity contribution is 0.605. The van der Waals surface area contributed by atoms with Crippen molar-refractivity contribution in [2.24, 2.45) is 0 Å². The van der Waals surface area contributed by atoms with Gasteiger partial charge in [0.25, 0.3) is 9.05 Å². The molecule has 0 amide bonds. The first-order valence-electron chi connectivity index (χ1n) is 6.96. The Kier molecular flexibility index (Phi) is 4.74. The Morgan fingerprint density at radius 1 is 1.19 bits per heavy atom. The smallest absolute Gasteiger partial charge is 0.263 e. The first kappa shape index (κ1) is 16.0. The van der Waals surface area contributed by atoms with Crippen LogP contribution in [-0.2, 0) is 28.4 Å². The molecule has 0 atom stereocenters. The molecule has 0 aliphatic carbocycles. The molecule has 0 aliphatic heterocycles. The second-order valence-corrected chi connectivity index (χ2v) is 7.45. The van der Waals surface area contributed by atoms with E-state index in [4.69, 9.17) is 10.7 Å². The van der Waals surface area contributed by atoms with Crippen molar-refractivity contribution in [3.8, 4) is 0 Å². The molecule has 2 rings (SSSR count). The number of rotatable bonds is 5. The molecule has 0 bridgehead atoms. The van der Waals surface area contributed by atoms with Crippen molar-refractivity contribution >= 4 is 19.7 Å². The lowest BCUT2D eigenvalue weighted by Crippen LogP contribution is -2.08. The Labute approximate surface area is 130 Å². The summed E-state index contributed by atoms with van der Waals surface area (Å²) in [6, 6.07) is 8.01. The monoisotopic (exact) mass is 326 g/mol. The summed E-state index contributed by atoms with van der Waals surface area (Å²) in [5.41, 5.74) is 3.49. The van der Waals surface area contributed by atoms with Crippen molar-refractivity contribution in [3.05, 3.63) is 46.8 Å². The van der Waals surface area contributed by atoms with Crippen LogP contribution in [0.3, 0.4) is 0 Å². The summed E-state index contributed by atoms with van der Waals surface area (Å²) in [7, 11) is 1.81. The maximum atomic E-state index is 11.8. The largest absolute Gasteiger partial charge is 0.264 e. The highest BCUT2D eigenvalue weighted by Crippen LogP contribution is 2.26. The highest BCUT2D eigenvalue weighted by Gasteiger charge is 2.25. The minimum atomic E-state index is -3.78. The first-order valence-corrected chi connectivity index (χ1v) is 9.27. The van der Waals surface area contributed by atoms with Gasteiger partial charge < -0.3 is 0 Å². The van der Waals surface area contributed by atoms with E-state index in [0.717, 1.165) is 11.1 Å². The van der Waals surface area contributed by atoms with Gasteiger partial charge in [0, 0.05) is 10.7 Å². The number of nitrogens with zero attached hydrogens (tertiary/aromatic N) is 2. The molecule has 1 aromatic carbocycles. The van der Waals surface area contributed by atoms with Crippen LogP contribution in [0.5, 0.6) is 0 Å². The molecule has 21 heavy (non-hydrogen) atoms. The Morgan fingerprint density at radius 2 is 1.86 bits per heavy atom. The molecular weight excluding hydrogens is 308 g/mol. The average Bonchev–Trinajstić information content (AvgIpc) is 2.79. The molecule has 114 valence electrons. The molecule has 0 saturated carbocycles. The fourth-order valence-electron chi connectivity index (χ4n) is 2.47. The summed E-state index contributed by atoms with van der Waals surface area (Å²) in [6.07, 6.45) is 1.11. The molecule has 6 heteroatoms.